The highest BCUT2D eigenvalue weighted by Crippen LogP contribution is 2.35. The van der Waals surface area contributed by atoms with E-state index in [0.29, 0.717) is 27.4 Å². The van der Waals surface area contributed by atoms with Crippen LogP contribution in [-0.2, 0) is 6.54 Å². The maximum Gasteiger partial charge on any atom is 0.349 e. The minimum absolute atomic E-state index is 0.0611. The van der Waals surface area contributed by atoms with Crippen LogP contribution in [0.25, 0.3) is 32.0 Å². The van der Waals surface area contributed by atoms with Crippen LogP contribution in [0.4, 0.5) is 5.13 Å². The molecule has 0 aliphatic carbocycles. The van der Waals surface area contributed by atoms with Gasteiger partial charge in [-0.15, -0.1) is 0 Å². The lowest BCUT2D eigenvalue weighted by molar-refractivity contribution is 0.0981. The summed E-state index contributed by atoms with van der Waals surface area (Å²) in [5.74, 6) is 0.112. The summed E-state index contributed by atoms with van der Waals surface area (Å²) in [6.07, 6.45) is 3.35. The van der Waals surface area contributed by atoms with Crippen molar-refractivity contribution in [3.05, 3.63) is 107 Å². The number of amides is 1. The summed E-state index contributed by atoms with van der Waals surface area (Å²) in [4.78, 5) is 37.3. The van der Waals surface area contributed by atoms with E-state index in [4.69, 9.17) is 14.1 Å². The number of rotatable bonds is 5. The Hall–Kier alpha value is -4.56. The van der Waals surface area contributed by atoms with E-state index in [-0.39, 0.29) is 12.1 Å². The zero-order valence-electron chi connectivity index (χ0n) is 19.2. The van der Waals surface area contributed by atoms with Gasteiger partial charge in [0.25, 0.3) is 5.91 Å². The summed E-state index contributed by atoms with van der Waals surface area (Å²) in [7, 11) is 1.58. The van der Waals surface area contributed by atoms with Crippen LogP contribution < -0.4 is 15.3 Å². The SMILES string of the molecule is COc1cccc2sc(N(Cc3cccnc3)C(=O)c3cc4c(ccc5ccccc54)oc3=O)nc12. The standard InChI is InChI=1S/C28H19N3O4S/c1-34-23-9-4-10-24-25(23)30-28(36-24)31(16-17-6-5-13-29-15-17)26(32)21-14-20-19-8-3-2-7-18(19)11-12-22(20)35-27(21)33/h2-15H,16H2,1H3. The Morgan fingerprint density at radius 1 is 1.03 bits per heavy atom. The summed E-state index contributed by atoms with van der Waals surface area (Å²) in [5.41, 5.74) is 1.12. The van der Waals surface area contributed by atoms with Crippen LogP contribution in [0.1, 0.15) is 15.9 Å². The first-order valence-electron chi connectivity index (χ1n) is 11.2. The van der Waals surface area contributed by atoms with Gasteiger partial charge in [-0.3, -0.25) is 14.7 Å². The van der Waals surface area contributed by atoms with Crippen LogP contribution in [0.5, 0.6) is 5.75 Å². The summed E-state index contributed by atoms with van der Waals surface area (Å²) >= 11 is 1.35. The number of ether oxygens (including phenoxy) is 1. The van der Waals surface area contributed by atoms with Crippen LogP contribution in [0, 0.1) is 0 Å². The average molecular weight is 494 g/mol. The highest BCUT2D eigenvalue weighted by molar-refractivity contribution is 7.22. The number of hydrogen-bond acceptors (Lipinski definition) is 7. The van der Waals surface area contributed by atoms with Gasteiger partial charge in [-0.25, -0.2) is 9.78 Å². The number of fused-ring (bicyclic) bond motifs is 4. The van der Waals surface area contributed by atoms with Crippen LogP contribution in [-0.4, -0.2) is 23.0 Å². The summed E-state index contributed by atoms with van der Waals surface area (Å²) in [6.45, 7) is 0.182. The molecule has 0 N–H and O–H groups in total. The maximum absolute atomic E-state index is 14.0. The molecule has 0 saturated carbocycles. The summed E-state index contributed by atoms with van der Waals surface area (Å²) in [6, 6.07) is 22.3. The van der Waals surface area contributed by atoms with Gasteiger partial charge in [0.1, 0.15) is 22.4 Å². The molecule has 0 spiro atoms. The van der Waals surface area contributed by atoms with Gasteiger partial charge < -0.3 is 9.15 Å². The van der Waals surface area contributed by atoms with E-state index in [1.54, 1.807) is 37.7 Å². The van der Waals surface area contributed by atoms with E-state index in [2.05, 4.69) is 4.98 Å². The van der Waals surface area contributed by atoms with Gasteiger partial charge >= 0.3 is 5.63 Å². The molecule has 3 aromatic heterocycles. The first-order valence-corrected chi connectivity index (χ1v) is 12.0. The Morgan fingerprint density at radius 3 is 2.75 bits per heavy atom. The van der Waals surface area contributed by atoms with Gasteiger partial charge in [0.15, 0.2) is 5.13 Å². The fourth-order valence-electron chi connectivity index (χ4n) is 4.26. The largest absolute Gasteiger partial charge is 0.494 e. The van der Waals surface area contributed by atoms with Gasteiger partial charge in [0.05, 0.1) is 18.4 Å². The predicted molar refractivity (Wildman–Crippen MR) is 141 cm³/mol. The number of pyridine rings is 1. The average Bonchev–Trinajstić information content (AvgIpc) is 3.35. The van der Waals surface area contributed by atoms with Crippen LogP contribution in [0.2, 0.25) is 0 Å². The Bertz CT molecular complexity index is 1810. The molecule has 7 nitrogen and oxygen atoms in total. The smallest absolute Gasteiger partial charge is 0.349 e. The molecule has 0 bridgehead atoms. The fourth-order valence-corrected chi connectivity index (χ4v) is 5.24. The third-order valence-electron chi connectivity index (χ3n) is 6.00. The van der Waals surface area contributed by atoms with E-state index in [1.807, 2.05) is 54.6 Å². The second-order valence-corrected chi connectivity index (χ2v) is 9.21. The second kappa shape index (κ2) is 8.90. The van der Waals surface area contributed by atoms with Crippen molar-refractivity contribution in [1.82, 2.24) is 9.97 Å². The molecule has 0 radical (unpaired) electrons. The van der Waals surface area contributed by atoms with Gasteiger partial charge in [0.2, 0.25) is 0 Å². The van der Waals surface area contributed by atoms with Crippen LogP contribution >= 0.6 is 11.3 Å². The molecule has 8 heteroatoms. The molecule has 0 fully saturated rings. The minimum atomic E-state index is -0.697. The lowest BCUT2D eigenvalue weighted by Gasteiger charge is -2.19. The molecule has 3 heterocycles. The molecule has 0 atom stereocenters. The molecule has 36 heavy (non-hydrogen) atoms. The molecule has 1 amide bonds. The van der Waals surface area contributed by atoms with Crippen molar-refractivity contribution in [2.45, 2.75) is 6.54 Å². The van der Waals surface area contributed by atoms with Crippen LogP contribution in [0.3, 0.4) is 0 Å². The number of para-hydroxylation sites is 1. The molecule has 0 aliphatic heterocycles. The molecular formula is C28H19N3O4S. The lowest BCUT2D eigenvalue weighted by atomic mass is 10.0. The number of methoxy groups -OCH3 is 1. The number of carbonyl (C=O) groups excluding carboxylic acids is 1. The third-order valence-corrected chi connectivity index (χ3v) is 7.05. The molecule has 6 aromatic rings. The summed E-state index contributed by atoms with van der Waals surface area (Å²) in [5, 5.41) is 3.03. The van der Waals surface area contributed by atoms with Crippen molar-refractivity contribution < 1.29 is 13.9 Å². The second-order valence-electron chi connectivity index (χ2n) is 8.20. The first kappa shape index (κ1) is 21.9. The van der Waals surface area contributed by atoms with Gasteiger partial charge in [-0.2, -0.15) is 0 Å². The number of benzene rings is 3. The van der Waals surface area contributed by atoms with E-state index < -0.39 is 11.5 Å². The molecule has 0 aliphatic rings. The van der Waals surface area contributed by atoms with Crippen molar-refractivity contribution in [3.8, 4) is 5.75 Å². The predicted octanol–water partition coefficient (Wildman–Crippen LogP) is 5.81. The van der Waals surface area contributed by atoms with Crippen molar-refractivity contribution >= 4 is 54.3 Å². The van der Waals surface area contributed by atoms with Crippen LogP contribution in [0.15, 0.2) is 94.4 Å². The zero-order valence-corrected chi connectivity index (χ0v) is 20.0. The number of aromatic nitrogens is 2. The Balaban J connectivity index is 1.52. The molecule has 0 saturated heterocycles. The Morgan fingerprint density at radius 2 is 1.92 bits per heavy atom. The molecule has 0 unspecified atom stereocenters. The van der Waals surface area contributed by atoms with Crippen molar-refractivity contribution in [2.24, 2.45) is 0 Å². The van der Waals surface area contributed by atoms with E-state index in [1.165, 1.54) is 16.2 Å². The maximum atomic E-state index is 14.0. The number of hydrogen-bond donors (Lipinski definition) is 0. The molecule has 176 valence electrons. The van der Waals surface area contributed by atoms with Gasteiger partial charge in [-0.1, -0.05) is 53.8 Å². The van der Waals surface area contributed by atoms with E-state index in [0.717, 1.165) is 21.0 Å². The van der Waals surface area contributed by atoms with Gasteiger partial charge in [0, 0.05) is 17.8 Å². The number of thiazole rings is 1. The highest BCUT2D eigenvalue weighted by atomic mass is 32.1. The molecule has 3 aromatic carbocycles. The first-order chi connectivity index (χ1) is 17.6. The lowest BCUT2D eigenvalue weighted by Crippen LogP contribution is -2.33. The van der Waals surface area contributed by atoms with E-state index in [9.17, 15) is 9.59 Å². The van der Waals surface area contributed by atoms with Crippen molar-refractivity contribution in [3.63, 3.8) is 0 Å². The number of nitrogens with zero attached hydrogens (tertiary/aromatic N) is 3. The fraction of sp³-hybridized carbons (Fsp3) is 0.0714. The highest BCUT2D eigenvalue weighted by Gasteiger charge is 2.26. The normalized spacial score (nSPS) is 11.2. The Kier molecular flexibility index (Phi) is 5.42. The van der Waals surface area contributed by atoms with Gasteiger partial charge in [-0.05, 0) is 46.7 Å². The molecule has 6 rings (SSSR count). The van der Waals surface area contributed by atoms with Crippen molar-refractivity contribution in [2.75, 3.05) is 12.0 Å². The Labute approximate surface area is 209 Å². The number of anilines is 1. The third kappa shape index (κ3) is 3.77. The minimum Gasteiger partial charge on any atom is -0.494 e. The zero-order chi connectivity index (χ0) is 24.6. The number of carbonyl (C=O) groups is 1. The molecular weight excluding hydrogens is 474 g/mol. The monoisotopic (exact) mass is 493 g/mol. The summed E-state index contributed by atoms with van der Waals surface area (Å²) < 4.78 is 11.9. The van der Waals surface area contributed by atoms with E-state index >= 15 is 0 Å². The van der Waals surface area contributed by atoms with Crippen molar-refractivity contribution in [1.29, 1.82) is 0 Å². The quantitative estimate of drug-likeness (QED) is 0.223. The topological polar surface area (TPSA) is 85.5 Å².